The van der Waals surface area contributed by atoms with E-state index >= 15 is 0 Å². The zero-order valence-electron chi connectivity index (χ0n) is 12.9. The van der Waals surface area contributed by atoms with Crippen molar-refractivity contribution in [2.45, 2.75) is 38.3 Å². The van der Waals surface area contributed by atoms with Gasteiger partial charge in [-0.25, -0.2) is 8.42 Å². The van der Waals surface area contributed by atoms with Crippen molar-refractivity contribution in [3.8, 4) is 0 Å². The fourth-order valence-corrected chi connectivity index (χ4v) is 3.39. The number of aryl methyl sites for hydroxylation is 1. The molecule has 7 heteroatoms. The summed E-state index contributed by atoms with van der Waals surface area (Å²) in [6.07, 6.45) is 0. The Labute approximate surface area is 126 Å². The minimum Gasteiger partial charge on any atom is -0.345 e. The number of nitrogens with zero attached hydrogens (tertiary/aromatic N) is 1. The maximum absolute atomic E-state index is 12.4. The summed E-state index contributed by atoms with van der Waals surface area (Å²) in [5, 5.41) is 0. The second kappa shape index (κ2) is 7.02. The SMILES string of the molecule is CCN(C)C(=O)C(C)NS(=O)(=O)c1cc(CN)ccc1C. The lowest BCUT2D eigenvalue weighted by Crippen LogP contribution is -2.45. The second-order valence-corrected chi connectivity index (χ2v) is 6.68. The van der Waals surface area contributed by atoms with E-state index in [1.54, 1.807) is 32.2 Å². The third-order valence-corrected chi connectivity index (χ3v) is 5.01. The smallest absolute Gasteiger partial charge is 0.241 e. The number of nitrogens with one attached hydrogen (secondary N) is 1. The Bertz CT molecular complexity index is 614. The maximum atomic E-state index is 12.4. The molecular formula is C14H23N3O3S. The number of amides is 1. The van der Waals surface area contributed by atoms with E-state index in [9.17, 15) is 13.2 Å². The van der Waals surface area contributed by atoms with Crippen LogP contribution in [-0.2, 0) is 21.4 Å². The van der Waals surface area contributed by atoms with Crippen LogP contribution in [0.15, 0.2) is 23.1 Å². The first kappa shape index (κ1) is 17.6. The minimum atomic E-state index is -3.76. The number of sulfonamides is 1. The first-order valence-electron chi connectivity index (χ1n) is 6.79. The predicted molar refractivity (Wildman–Crippen MR) is 82.2 cm³/mol. The second-order valence-electron chi connectivity index (χ2n) is 5.00. The zero-order valence-corrected chi connectivity index (χ0v) is 13.7. The van der Waals surface area contributed by atoms with Crippen LogP contribution in [0.1, 0.15) is 25.0 Å². The average Bonchev–Trinajstić information content (AvgIpc) is 2.45. The normalized spacial score (nSPS) is 13.0. The highest BCUT2D eigenvalue weighted by atomic mass is 32.2. The lowest BCUT2D eigenvalue weighted by Gasteiger charge is -2.21. The fraction of sp³-hybridized carbons (Fsp3) is 0.500. The minimum absolute atomic E-state index is 0.157. The van der Waals surface area contributed by atoms with Crippen molar-refractivity contribution in [2.24, 2.45) is 5.73 Å². The molecule has 1 unspecified atom stereocenters. The van der Waals surface area contributed by atoms with Gasteiger partial charge in [-0.1, -0.05) is 12.1 Å². The number of hydrogen-bond acceptors (Lipinski definition) is 4. The fourth-order valence-electron chi connectivity index (χ4n) is 1.89. The molecule has 0 saturated heterocycles. The van der Waals surface area contributed by atoms with Crippen molar-refractivity contribution in [3.05, 3.63) is 29.3 Å². The summed E-state index contributed by atoms with van der Waals surface area (Å²) in [6.45, 7) is 5.85. The van der Waals surface area contributed by atoms with E-state index in [0.29, 0.717) is 12.1 Å². The maximum Gasteiger partial charge on any atom is 0.241 e. The number of benzene rings is 1. The Morgan fingerprint density at radius 2 is 2.05 bits per heavy atom. The summed E-state index contributed by atoms with van der Waals surface area (Å²) in [4.78, 5) is 13.6. The molecule has 1 aromatic carbocycles. The summed E-state index contributed by atoms with van der Waals surface area (Å²) in [5.74, 6) is -0.270. The van der Waals surface area contributed by atoms with Gasteiger partial charge < -0.3 is 10.6 Å². The van der Waals surface area contributed by atoms with Crippen LogP contribution < -0.4 is 10.5 Å². The Kier molecular flexibility index (Phi) is 5.88. The molecule has 0 radical (unpaired) electrons. The molecule has 0 heterocycles. The van der Waals surface area contributed by atoms with E-state index in [2.05, 4.69) is 4.72 Å². The van der Waals surface area contributed by atoms with Crippen molar-refractivity contribution >= 4 is 15.9 Å². The molecule has 0 aliphatic heterocycles. The number of nitrogens with two attached hydrogens (primary N) is 1. The lowest BCUT2D eigenvalue weighted by atomic mass is 10.1. The molecular weight excluding hydrogens is 290 g/mol. The quantitative estimate of drug-likeness (QED) is 0.804. The van der Waals surface area contributed by atoms with Crippen LogP contribution in [0.3, 0.4) is 0 Å². The molecule has 0 aliphatic carbocycles. The van der Waals surface area contributed by atoms with Gasteiger partial charge in [0.2, 0.25) is 15.9 Å². The van der Waals surface area contributed by atoms with E-state index in [1.807, 2.05) is 6.92 Å². The van der Waals surface area contributed by atoms with Gasteiger partial charge in [0.15, 0.2) is 0 Å². The van der Waals surface area contributed by atoms with Gasteiger partial charge in [0.05, 0.1) is 10.9 Å². The molecule has 1 aromatic rings. The predicted octanol–water partition coefficient (Wildman–Crippen LogP) is 0.599. The van der Waals surface area contributed by atoms with E-state index < -0.39 is 16.1 Å². The topological polar surface area (TPSA) is 92.5 Å². The summed E-state index contributed by atoms with van der Waals surface area (Å²) < 4.78 is 27.3. The molecule has 1 rings (SSSR count). The summed E-state index contributed by atoms with van der Waals surface area (Å²) in [7, 11) is -2.13. The number of carbonyl (C=O) groups excluding carboxylic acids is 1. The van der Waals surface area contributed by atoms with E-state index in [4.69, 9.17) is 5.73 Å². The molecule has 0 spiro atoms. The van der Waals surface area contributed by atoms with Crippen LogP contribution >= 0.6 is 0 Å². The van der Waals surface area contributed by atoms with Crippen molar-refractivity contribution in [1.82, 2.24) is 9.62 Å². The third kappa shape index (κ3) is 4.26. The standard InChI is InChI=1S/C14H23N3O3S/c1-5-17(4)14(18)11(3)16-21(19,20)13-8-12(9-15)7-6-10(13)2/h6-8,11,16H,5,9,15H2,1-4H3. The average molecular weight is 313 g/mol. The molecule has 0 saturated carbocycles. The van der Waals surface area contributed by atoms with Gasteiger partial charge in [0, 0.05) is 20.1 Å². The highest BCUT2D eigenvalue weighted by molar-refractivity contribution is 7.89. The van der Waals surface area contributed by atoms with Gasteiger partial charge >= 0.3 is 0 Å². The number of hydrogen-bond donors (Lipinski definition) is 2. The highest BCUT2D eigenvalue weighted by Crippen LogP contribution is 2.17. The van der Waals surface area contributed by atoms with Gasteiger partial charge in [-0.3, -0.25) is 4.79 Å². The molecule has 6 nitrogen and oxygen atoms in total. The highest BCUT2D eigenvalue weighted by Gasteiger charge is 2.25. The van der Waals surface area contributed by atoms with Gasteiger partial charge in [-0.15, -0.1) is 0 Å². The van der Waals surface area contributed by atoms with Crippen LogP contribution in [0, 0.1) is 6.92 Å². The van der Waals surface area contributed by atoms with Gasteiger partial charge in [0.25, 0.3) is 0 Å². The van der Waals surface area contributed by atoms with Gasteiger partial charge in [0.1, 0.15) is 0 Å². The summed E-state index contributed by atoms with van der Waals surface area (Å²) >= 11 is 0. The Morgan fingerprint density at radius 3 is 2.57 bits per heavy atom. The Hall–Kier alpha value is -1.44. The van der Waals surface area contributed by atoms with Crippen LogP contribution in [0.2, 0.25) is 0 Å². The molecule has 3 N–H and O–H groups in total. The Balaban J connectivity index is 3.04. The van der Waals surface area contributed by atoms with Gasteiger partial charge in [-0.2, -0.15) is 4.72 Å². The number of carbonyl (C=O) groups is 1. The largest absolute Gasteiger partial charge is 0.345 e. The molecule has 21 heavy (non-hydrogen) atoms. The third-order valence-electron chi connectivity index (χ3n) is 3.33. The molecule has 0 fully saturated rings. The van der Waals surface area contributed by atoms with E-state index in [1.165, 1.54) is 11.8 Å². The molecule has 1 atom stereocenters. The van der Waals surface area contributed by atoms with Crippen molar-refractivity contribution < 1.29 is 13.2 Å². The van der Waals surface area contributed by atoms with Crippen LogP contribution in [0.4, 0.5) is 0 Å². The molecule has 118 valence electrons. The molecule has 0 aromatic heterocycles. The monoisotopic (exact) mass is 313 g/mol. The van der Waals surface area contributed by atoms with Crippen LogP contribution in [0.5, 0.6) is 0 Å². The molecule has 0 aliphatic rings. The first-order chi connectivity index (χ1) is 9.72. The summed E-state index contributed by atoms with van der Waals surface area (Å²) in [5.41, 5.74) is 6.88. The van der Waals surface area contributed by atoms with Crippen LogP contribution in [0.25, 0.3) is 0 Å². The lowest BCUT2D eigenvalue weighted by molar-refractivity contribution is -0.131. The van der Waals surface area contributed by atoms with Crippen molar-refractivity contribution in [3.63, 3.8) is 0 Å². The van der Waals surface area contributed by atoms with E-state index in [-0.39, 0.29) is 17.3 Å². The number of rotatable bonds is 6. The van der Waals surface area contributed by atoms with E-state index in [0.717, 1.165) is 5.56 Å². The number of likely N-dealkylation sites (N-methyl/N-ethyl adjacent to an activating group) is 1. The van der Waals surface area contributed by atoms with Crippen molar-refractivity contribution in [1.29, 1.82) is 0 Å². The van der Waals surface area contributed by atoms with Gasteiger partial charge in [-0.05, 0) is 38.0 Å². The van der Waals surface area contributed by atoms with Crippen molar-refractivity contribution in [2.75, 3.05) is 13.6 Å². The molecule has 0 bridgehead atoms. The zero-order chi connectivity index (χ0) is 16.2. The first-order valence-corrected chi connectivity index (χ1v) is 8.28. The molecule has 1 amide bonds. The van der Waals surface area contributed by atoms with Crippen LogP contribution in [-0.4, -0.2) is 38.9 Å². The Morgan fingerprint density at radius 1 is 1.43 bits per heavy atom. The summed E-state index contributed by atoms with van der Waals surface area (Å²) in [6, 6.07) is 4.22.